The SMILES string of the molecule is C[C@H]1Cc2ccccc2N1C(=O)CC1NC(=O)CC(N2CCOC(CF)C2)N1. The van der Waals surface area contributed by atoms with Crippen molar-refractivity contribution in [3.05, 3.63) is 29.8 Å². The van der Waals surface area contributed by atoms with E-state index < -0.39 is 18.9 Å². The Balaban J connectivity index is 1.41. The molecule has 3 aliphatic heterocycles. The summed E-state index contributed by atoms with van der Waals surface area (Å²) >= 11 is 0. The quantitative estimate of drug-likeness (QED) is 0.795. The zero-order chi connectivity index (χ0) is 19.7. The van der Waals surface area contributed by atoms with E-state index in [9.17, 15) is 14.0 Å². The van der Waals surface area contributed by atoms with Crippen LogP contribution in [0.4, 0.5) is 10.1 Å². The third kappa shape index (κ3) is 3.90. The molecule has 7 nitrogen and oxygen atoms in total. The lowest BCUT2D eigenvalue weighted by Gasteiger charge is -2.42. The molecule has 3 heterocycles. The second kappa shape index (κ2) is 8.14. The van der Waals surface area contributed by atoms with Gasteiger partial charge < -0.3 is 15.0 Å². The van der Waals surface area contributed by atoms with Gasteiger partial charge in [-0.25, -0.2) is 4.39 Å². The fourth-order valence-corrected chi connectivity index (χ4v) is 4.44. The average molecular weight is 390 g/mol. The molecule has 152 valence electrons. The molecule has 0 spiro atoms. The minimum atomic E-state index is -0.538. The number of anilines is 1. The number of nitrogens with zero attached hydrogens (tertiary/aromatic N) is 2. The summed E-state index contributed by atoms with van der Waals surface area (Å²) in [5.41, 5.74) is 2.13. The lowest BCUT2D eigenvalue weighted by molar-refractivity contribution is -0.130. The maximum Gasteiger partial charge on any atom is 0.230 e. The van der Waals surface area contributed by atoms with E-state index in [-0.39, 0.29) is 36.9 Å². The van der Waals surface area contributed by atoms with Gasteiger partial charge >= 0.3 is 0 Å². The van der Waals surface area contributed by atoms with Gasteiger partial charge in [-0.2, -0.15) is 0 Å². The Morgan fingerprint density at radius 2 is 2.14 bits per heavy atom. The van der Waals surface area contributed by atoms with Crippen molar-refractivity contribution in [2.24, 2.45) is 0 Å². The molecule has 28 heavy (non-hydrogen) atoms. The van der Waals surface area contributed by atoms with Crippen molar-refractivity contribution in [2.75, 3.05) is 31.3 Å². The van der Waals surface area contributed by atoms with Gasteiger partial charge in [-0.3, -0.25) is 19.8 Å². The highest BCUT2D eigenvalue weighted by molar-refractivity contribution is 5.96. The molecule has 2 N–H and O–H groups in total. The van der Waals surface area contributed by atoms with Crippen molar-refractivity contribution in [1.82, 2.24) is 15.5 Å². The Kier molecular flexibility index (Phi) is 5.61. The summed E-state index contributed by atoms with van der Waals surface area (Å²) in [6.45, 7) is 3.03. The highest BCUT2D eigenvalue weighted by Crippen LogP contribution is 2.32. The third-order valence-corrected chi connectivity index (χ3v) is 5.75. The number of nitrogens with one attached hydrogen (secondary N) is 2. The fourth-order valence-electron chi connectivity index (χ4n) is 4.44. The molecular weight excluding hydrogens is 363 g/mol. The van der Waals surface area contributed by atoms with Crippen molar-refractivity contribution < 1.29 is 18.7 Å². The van der Waals surface area contributed by atoms with Crippen LogP contribution in [-0.2, 0) is 20.7 Å². The highest BCUT2D eigenvalue weighted by Gasteiger charge is 2.36. The summed E-state index contributed by atoms with van der Waals surface area (Å²) in [4.78, 5) is 29.1. The van der Waals surface area contributed by atoms with Gasteiger partial charge in [0, 0.05) is 24.8 Å². The van der Waals surface area contributed by atoms with Gasteiger partial charge in [-0.1, -0.05) is 18.2 Å². The number of carbonyl (C=O) groups is 2. The molecule has 0 saturated carbocycles. The van der Waals surface area contributed by atoms with Gasteiger partial charge in [0.1, 0.15) is 6.67 Å². The Morgan fingerprint density at radius 1 is 1.32 bits per heavy atom. The smallest absolute Gasteiger partial charge is 0.230 e. The number of fused-ring (bicyclic) bond motifs is 1. The fraction of sp³-hybridized carbons (Fsp3) is 0.600. The van der Waals surface area contributed by atoms with E-state index in [0.717, 1.165) is 12.1 Å². The zero-order valence-corrected chi connectivity index (χ0v) is 16.1. The first kappa shape index (κ1) is 19.3. The number of halogens is 1. The summed E-state index contributed by atoms with van der Waals surface area (Å²) in [5.74, 6) is -0.112. The topological polar surface area (TPSA) is 73.9 Å². The van der Waals surface area contributed by atoms with Crippen LogP contribution >= 0.6 is 0 Å². The van der Waals surface area contributed by atoms with E-state index in [1.165, 1.54) is 5.56 Å². The number of alkyl halides is 1. The van der Waals surface area contributed by atoms with Crippen molar-refractivity contribution >= 4 is 17.5 Å². The van der Waals surface area contributed by atoms with Crippen molar-refractivity contribution in [2.45, 2.75) is 50.7 Å². The molecule has 2 fully saturated rings. The number of rotatable bonds is 4. The zero-order valence-electron chi connectivity index (χ0n) is 16.1. The lowest BCUT2D eigenvalue weighted by atomic mass is 10.1. The Hall–Kier alpha value is -2.03. The van der Waals surface area contributed by atoms with Gasteiger partial charge in [-0.05, 0) is 25.0 Å². The maximum absolute atomic E-state index is 13.0. The molecule has 3 aliphatic rings. The predicted molar refractivity (Wildman–Crippen MR) is 102 cm³/mol. The minimum Gasteiger partial charge on any atom is -0.373 e. The second-order valence-corrected chi connectivity index (χ2v) is 7.80. The molecular formula is C20H27FN4O3. The standard InChI is InChI=1S/C20H27FN4O3/c1-13-8-14-4-2-3-5-16(14)25(13)20(27)9-17-22-18(10-19(26)23-17)24-6-7-28-15(11-21)12-24/h2-5,13,15,17-18,22H,6-12H2,1H3,(H,23,26)/t13-,15?,17?,18?/m0/s1. The Morgan fingerprint density at radius 3 is 2.96 bits per heavy atom. The molecule has 0 radical (unpaired) electrons. The summed E-state index contributed by atoms with van der Waals surface area (Å²) in [7, 11) is 0. The maximum atomic E-state index is 13.0. The van der Waals surface area contributed by atoms with Crippen LogP contribution in [0.25, 0.3) is 0 Å². The predicted octanol–water partition coefficient (Wildman–Crippen LogP) is 0.786. The van der Waals surface area contributed by atoms with Crippen LogP contribution in [0.2, 0.25) is 0 Å². The Bertz CT molecular complexity index is 746. The van der Waals surface area contributed by atoms with E-state index in [0.29, 0.717) is 19.7 Å². The van der Waals surface area contributed by atoms with Crippen LogP contribution in [0.3, 0.4) is 0 Å². The van der Waals surface area contributed by atoms with Gasteiger partial charge in [0.2, 0.25) is 11.8 Å². The first-order chi connectivity index (χ1) is 13.5. The highest BCUT2D eigenvalue weighted by atomic mass is 19.1. The monoisotopic (exact) mass is 390 g/mol. The Labute approximate surface area is 164 Å². The number of para-hydroxylation sites is 1. The average Bonchev–Trinajstić information content (AvgIpc) is 3.03. The van der Waals surface area contributed by atoms with E-state index in [1.54, 1.807) is 0 Å². The van der Waals surface area contributed by atoms with Crippen molar-refractivity contribution in [1.29, 1.82) is 0 Å². The summed E-state index contributed by atoms with van der Waals surface area (Å²) in [6, 6.07) is 8.05. The normalized spacial score (nSPS) is 30.8. The minimum absolute atomic E-state index is 0.0143. The summed E-state index contributed by atoms with van der Waals surface area (Å²) in [5, 5.41) is 6.23. The summed E-state index contributed by atoms with van der Waals surface area (Å²) in [6.07, 6.45) is 0.193. The lowest BCUT2D eigenvalue weighted by Crippen LogP contribution is -2.64. The van der Waals surface area contributed by atoms with E-state index in [4.69, 9.17) is 4.74 Å². The molecule has 8 heteroatoms. The van der Waals surface area contributed by atoms with E-state index >= 15 is 0 Å². The van der Waals surface area contributed by atoms with Crippen LogP contribution in [0, 0.1) is 0 Å². The number of benzene rings is 1. The largest absolute Gasteiger partial charge is 0.373 e. The molecule has 0 bridgehead atoms. The first-order valence-electron chi connectivity index (χ1n) is 9.92. The van der Waals surface area contributed by atoms with Gasteiger partial charge in [0.05, 0.1) is 37.9 Å². The van der Waals surface area contributed by atoms with Gasteiger partial charge in [0.15, 0.2) is 0 Å². The second-order valence-electron chi connectivity index (χ2n) is 7.80. The van der Waals surface area contributed by atoms with Crippen molar-refractivity contribution in [3.63, 3.8) is 0 Å². The molecule has 1 aromatic carbocycles. The van der Waals surface area contributed by atoms with Crippen LogP contribution in [0.1, 0.15) is 25.3 Å². The van der Waals surface area contributed by atoms with Crippen LogP contribution in [0.5, 0.6) is 0 Å². The van der Waals surface area contributed by atoms with Crippen molar-refractivity contribution in [3.8, 4) is 0 Å². The number of ether oxygens (including phenoxy) is 1. The number of hydrogen-bond acceptors (Lipinski definition) is 5. The molecule has 2 saturated heterocycles. The number of morpholine rings is 1. The third-order valence-electron chi connectivity index (χ3n) is 5.75. The number of hydrogen-bond donors (Lipinski definition) is 2. The molecule has 0 aromatic heterocycles. The molecule has 4 atom stereocenters. The molecule has 2 amide bonds. The molecule has 1 aromatic rings. The van der Waals surface area contributed by atoms with Gasteiger partial charge in [0.25, 0.3) is 0 Å². The molecule has 4 rings (SSSR count). The van der Waals surface area contributed by atoms with E-state index in [2.05, 4.69) is 16.7 Å². The molecule has 3 unspecified atom stereocenters. The molecule has 0 aliphatic carbocycles. The van der Waals surface area contributed by atoms with Crippen LogP contribution < -0.4 is 15.5 Å². The number of carbonyl (C=O) groups excluding carboxylic acids is 2. The van der Waals surface area contributed by atoms with Crippen LogP contribution in [0.15, 0.2) is 24.3 Å². The summed E-state index contributed by atoms with van der Waals surface area (Å²) < 4.78 is 18.3. The first-order valence-corrected chi connectivity index (χ1v) is 9.92. The van der Waals surface area contributed by atoms with Crippen LogP contribution in [-0.4, -0.2) is 67.6 Å². The van der Waals surface area contributed by atoms with Gasteiger partial charge in [-0.15, -0.1) is 0 Å². The van der Waals surface area contributed by atoms with E-state index in [1.807, 2.05) is 34.9 Å². The number of amides is 2.